The van der Waals surface area contributed by atoms with Crippen molar-refractivity contribution in [3.63, 3.8) is 0 Å². The fourth-order valence-corrected chi connectivity index (χ4v) is 1.73. The molecule has 74 valence electrons. The predicted molar refractivity (Wildman–Crippen MR) is 47.0 cm³/mol. The summed E-state index contributed by atoms with van der Waals surface area (Å²) in [5, 5.41) is 18.2. The number of aromatic nitrogens is 2. The third kappa shape index (κ3) is 1.26. The van der Waals surface area contributed by atoms with Crippen LogP contribution in [-0.4, -0.2) is 26.2 Å². The van der Waals surface area contributed by atoms with Gasteiger partial charge in [0.25, 0.3) is 0 Å². The van der Waals surface area contributed by atoms with Gasteiger partial charge in [-0.2, -0.15) is 0 Å². The largest absolute Gasteiger partial charge is 0.475 e. The molecule has 1 aliphatic rings. The topological polar surface area (TPSA) is 83.3 Å². The van der Waals surface area contributed by atoms with E-state index in [9.17, 15) is 9.90 Å². The van der Waals surface area contributed by atoms with Crippen molar-refractivity contribution in [2.45, 2.75) is 25.4 Å². The highest BCUT2D eigenvalue weighted by Gasteiger charge is 2.29. The molecule has 0 bridgehead atoms. The summed E-state index contributed by atoms with van der Waals surface area (Å²) in [7, 11) is 0. The zero-order valence-corrected chi connectivity index (χ0v) is 7.64. The molecule has 2 atom stereocenters. The average molecular weight is 194 g/mol. The molecule has 0 saturated carbocycles. The molecule has 1 aromatic heterocycles. The van der Waals surface area contributed by atoms with E-state index in [4.69, 9.17) is 5.11 Å². The second kappa shape index (κ2) is 3.02. The van der Waals surface area contributed by atoms with Crippen LogP contribution in [0.1, 0.15) is 47.2 Å². The lowest BCUT2D eigenvalue weighted by Crippen LogP contribution is -2.07. The van der Waals surface area contributed by atoms with Crippen LogP contribution in [-0.2, 0) is 0 Å². The SMILES string of the molecule is CC1CC(O)c2nc(C(=O)O)ncc21. The number of fused-ring (bicyclic) bond motifs is 1. The van der Waals surface area contributed by atoms with Crippen molar-refractivity contribution < 1.29 is 15.0 Å². The maximum absolute atomic E-state index is 10.6. The fraction of sp³-hybridized carbons (Fsp3) is 0.444. The number of carboxylic acids is 1. The minimum atomic E-state index is -1.17. The number of hydrogen-bond donors (Lipinski definition) is 2. The van der Waals surface area contributed by atoms with Crippen molar-refractivity contribution in [1.82, 2.24) is 9.97 Å². The van der Waals surface area contributed by atoms with Crippen LogP contribution in [0.2, 0.25) is 0 Å². The molecule has 2 unspecified atom stereocenters. The Hall–Kier alpha value is -1.49. The van der Waals surface area contributed by atoms with E-state index in [1.807, 2.05) is 6.92 Å². The minimum Gasteiger partial charge on any atom is -0.475 e. The molecule has 2 N–H and O–H groups in total. The monoisotopic (exact) mass is 194 g/mol. The lowest BCUT2D eigenvalue weighted by Gasteiger charge is -2.02. The van der Waals surface area contributed by atoms with Gasteiger partial charge in [0.15, 0.2) is 0 Å². The third-order valence-electron chi connectivity index (χ3n) is 2.46. The molecule has 0 aromatic carbocycles. The highest BCUT2D eigenvalue weighted by atomic mass is 16.4. The van der Waals surface area contributed by atoms with Gasteiger partial charge >= 0.3 is 5.97 Å². The number of hydrogen-bond acceptors (Lipinski definition) is 4. The van der Waals surface area contributed by atoms with E-state index in [0.29, 0.717) is 12.1 Å². The lowest BCUT2D eigenvalue weighted by atomic mass is 10.1. The van der Waals surface area contributed by atoms with E-state index in [0.717, 1.165) is 5.56 Å². The van der Waals surface area contributed by atoms with Crippen LogP contribution >= 0.6 is 0 Å². The van der Waals surface area contributed by atoms with E-state index in [1.165, 1.54) is 6.20 Å². The number of carboxylic acid groups (broad SMARTS) is 1. The molecule has 2 rings (SSSR count). The Labute approximate surface area is 80.4 Å². The number of aromatic carboxylic acids is 1. The lowest BCUT2D eigenvalue weighted by molar-refractivity contribution is 0.0682. The number of aliphatic hydroxyl groups is 1. The summed E-state index contributed by atoms with van der Waals surface area (Å²) < 4.78 is 0. The average Bonchev–Trinajstić information content (AvgIpc) is 2.42. The van der Waals surface area contributed by atoms with Crippen molar-refractivity contribution in [3.05, 3.63) is 23.3 Å². The summed E-state index contributed by atoms with van der Waals surface area (Å²) in [4.78, 5) is 18.1. The summed E-state index contributed by atoms with van der Waals surface area (Å²) in [6.07, 6.45) is 1.43. The number of nitrogens with zero attached hydrogens (tertiary/aromatic N) is 2. The van der Waals surface area contributed by atoms with Crippen LogP contribution in [0.3, 0.4) is 0 Å². The summed E-state index contributed by atoms with van der Waals surface area (Å²) >= 11 is 0. The Bertz CT molecular complexity index is 392. The Kier molecular flexibility index (Phi) is 1.96. The van der Waals surface area contributed by atoms with Crippen LogP contribution in [0.5, 0.6) is 0 Å². The summed E-state index contributed by atoms with van der Waals surface area (Å²) in [6.45, 7) is 1.96. The first-order chi connectivity index (χ1) is 6.59. The standard InChI is InChI=1S/C9H10N2O3/c1-4-2-6(12)7-5(4)3-10-8(11-7)9(13)14/h3-4,6,12H,2H2,1H3,(H,13,14). The molecule has 5 nitrogen and oxygen atoms in total. The van der Waals surface area contributed by atoms with Gasteiger partial charge in [-0.15, -0.1) is 0 Å². The molecule has 1 heterocycles. The molecule has 0 amide bonds. The molecule has 1 aromatic rings. The van der Waals surface area contributed by atoms with E-state index < -0.39 is 12.1 Å². The van der Waals surface area contributed by atoms with E-state index in [2.05, 4.69) is 9.97 Å². The maximum Gasteiger partial charge on any atom is 0.373 e. The quantitative estimate of drug-likeness (QED) is 0.688. The van der Waals surface area contributed by atoms with Crippen molar-refractivity contribution in [3.8, 4) is 0 Å². The van der Waals surface area contributed by atoms with Crippen LogP contribution in [0.4, 0.5) is 0 Å². The fourth-order valence-electron chi connectivity index (χ4n) is 1.73. The van der Waals surface area contributed by atoms with E-state index in [1.54, 1.807) is 0 Å². The van der Waals surface area contributed by atoms with Crippen molar-refractivity contribution in [2.24, 2.45) is 0 Å². The second-order valence-corrected chi connectivity index (χ2v) is 3.49. The molecule has 5 heteroatoms. The first kappa shape index (κ1) is 9.08. The minimum absolute atomic E-state index is 0.197. The molecule has 14 heavy (non-hydrogen) atoms. The molecule has 0 saturated heterocycles. The maximum atomic E-state index is 10.6. The Balaban J connectivity index is 2.50. The van der Waals surface area contributed by atoms with Crippen LogP contribution in [0.15, 0.2) is 6.20 Å². The molecule has 0 radical (unpaired) electrons. The third-order valence-corrected chi connectivity index (χ3v) is 2.46. The van der Waals surface area contributed by atoms with Gasteiger partial charge in [-0.1, -0.05) is 6.92 Å². The summed E-state index contributed by atoms with van der Waals surface area (Å²) in [5.74, 6) is -1.22. The van der Waals surface area contributed by atoms with Crippen LogP contribution < -0.4 is 0 Å². The van der Waals surface area contributed by atoms with Crippen LogP contribution in [0, 0.1) is 0 Å². The number of aliphatic hydroxyl groups excluding tert-OH is 1. The molecule has 1 aliphatic carbocycles. The highest BCUT2D eigenvalue weighted by Crippen LogP contribution is 2.37. The number of rotatable bonds is 1. The predicted octanol–water partition coefficient (Wildman–Crippen LogP) is 0.715. The summed E-state index contributed by atoms with van der Waals surface area (Å²) in [6, 6.07) is 0. The van der Waals surface area contributed by atoms with Gasteiger partial charge in [-0.25, -0.2) is 14.8 Å². The van der Waals surface area contributed by atoms with Crippen molar-refractivity contribution in [1.29, 1.82) is 0 Å². The Morgan fingerprint density at radius 1 is 1.64 bits per heavy atom. The van der Waals surface area contributed by atoms with Crippen LogP contribution in [0.25, 0.3) is 0 Å². The summed E-state index contributed by atoms with van der Waals surface area (Å²) in [5.41, 5.74) is 1.31. The Morgan fingerprint density at radius 3 is 3.00 bits per heavy atom. The van der Waals surface area contributed by atoms with Gasteiger partial charge in [0.2, 0.25) is 5.82 Å². The van der Waals surface area contributed by atoms with Crippen molar-refractivity contribution >= 4 is 5.97 Å². The Morgan fingerprint density at radius 2 is 2.36 bits per heavy atom. The molecule has 0 aliphatic heterocycles. The normalized spacial score (nSPS) is 24.7. The van der Waals surface area contributed by atoms with Gasteiger partial charge in [-0.3, -0.25) is 0 Å². The number of carbonyl (C=O) groups is 1. The smallest absolute Gasteiger partial charge is 0.373 e. The highest BCUT2D eigenvalue weighted by molar-refractivity contribution is 5.83. The molecule has 0 fully saturated rings. The van der Waals surface area contributed by atoms with E-state index in [-0.39, 0.29) is 11.7 Å². The van der Waals surface area contributed by atoms with Gasteiger partial charge < -0.3 is 10.2 Å². The molecular formula is C9H10N2O3. The first-order valence-electron chi connectivity index (χ1n) is 4.37. The van der Waals surface area contributed by atoms with Gasteiger partial charge in [0, 0.05) is 6.20 Å². The molecular weight excluding hydrogens is 184 g/mol. The van der Waals surface area contributed by atoms with Gasteiger partial charge in [0.05, 0.1) is 11.8 Å². The second-order valence-electron chi connectivity index (χ2n) is 3.49. The zero-order chi connectivity index (χ0) is 10.3. The molecule has 0 spiro atoms. The zero-order valence-electron chi connectivity index (χ0n) is 7.64. The van der Waals surface area contributed by atoms with E-state index >= 15 is 0 Å². The van der Waals surface area contributed by atoms with Gasteiger partial charge in [0.1, 0.15) is 0 Å². The first-order valence-corrected chi connectivity index (χ1v) is 4.37. The van der Waals surface area contributed by atoms with Gasteiger partial charge in [-0.05, 0) is 17.9 Å². The van der Waals surface area contributed by atoms with Crippen molar-refractivity contribution in [2.75, 3.05) is 0 Å².